The van der Waals surface area contributed by atoms with E-state index in [-0.39, 0.29) is 0 Å². The molecule has 0 aromatic heterocycles. The Hall–Kier alpha value is -1.31. The van der Waals surface area contributed by atoms with E-state index in [1.807, 2.05) is 0 Å². The van der Waals surface area contributed by atoms with Crippen LogP contribution >= 0.6 is 0 Å². The first kappa shape index (κ1) is 9.78. The summed E-state index contributed by atoms with van der Waals surface area (Å²) in [7, 11) is 0. The monoisotopic (exact) mass is 176 g/mol. The van der Waals surface area contributed by atoms with Gasteiger partial charge in [-0.15, -0.1) is 0 Å². The summed E-state index contributed by atoms with van der Waals surface area (Å²) >= 11 is 0. The number of hydrazone groups is 1. The lowest BCUT2D eigenvalue weighted by Crippen LogP contribution is -1.95. The minimum absolute atomic E-state index is 1.02. The Morgan fingerprint density at radius 3 is 2.62 bits per heavy atom. The molecule has 0 atom stereocenters. The zero-order chi connectivity index (χ0) is 9.68. The Labute approximate surface area is 79.5 Å². The van der Waals surface area contributed by atoms with E-state index in [1.54, 1.807) is 6.21 Å². The summed E-state index contributed by atoms with van der Waals surface area (Å²) in [6.07, 6.45) is 3.79. The van der Waals surface area contributed by atoms with Crippen molar-refractivity contribution in [1.29, 1.82) is 0 Å². The van der Waals surface area contributed by atoms with Gasteiger partial charge in [0.2, 0.25) is 0 Å². The van der Waals surface area contributed by atoms with Gasteiger partial charge < -0.3 is 5.84 Å². The van der Waals surface area contributed by atoms with Gasteiger partial charge in [0.05, 0.1) is 6.21 Å². The van der Waals surface area contributed by atoms with Crippen molar-refractivity contribution in [3.8, 4) is 0 Å². The molecule has 0 aliphatic carbocycles. The van der Waals surface area contributed by atoms with Crippen molar-refractivity contribution in [2.24, 2.45) is 10.9 Å². The highest BCUT2D eigenvalue weighted by Crippen LogP contribution is 2.11. The molecule has 13 heavy (non-hydrogen) atoms. The Morgan fingerprint density at radius 1 is 1.31 bits per heavy atom. The molecule has 0 saturated heterocycles. The van der Waals surface area contributed by atoms with Crippen LogP contribution in [-0.2, 0) is 12.8 Å². The van der Waals surface area contributed by atoms with Gasteiger partial charge in [0.1, 0.15) is 0 Å². The van der Waals surface area contributed by atoms with Gasteiger partial charge in [0.25, 0.3) is 0 Å². The number of rotatable bonds is 3. The highest BCUT2D eigenvalue weighted by molar-refractivity contribution is 5.81. The summed E-state index contributed by atoms with van der Waals surface area (Å²) in [5.74, 6) is 5.15. The SMILES string of the molecule is CCc1ccc(CC)c(/C=N/N)c1. The zero-order valence-electron chi connectivity index (χ0n) is 8.25. The maximum atomic E-state index is 5.15. The smallest absolute Gasteiger partial charge is 0.0540 e. The lowest BCUT2D eigenvalue weighted by Gasteiger charge is -2.04. The first-order valence-corrected chi connectivity index (χ1v) is 4.66. The van der Waals surface area contributed by atoms with Crippen molar-refractivity contribution in [3.05, 3.63) is 34.9 Å². The van der Waals surface area contributed by atoms with Gasteiger partial charge in [-0.25, -0.2) is 0 Å². The quantitative estimate of drug-likeness (QED) is 0.427. The summed E-state index contributed by atoms with van der Waals surface area (Å²) < 4.78 is 0. The third-order valence-electron chi connectivity index (χ3n) is 2.21. The van der Waals surface area contributed by atoms with Crippen LogP contribution in [0.3, 0.4) is 0 Å². The second-order valence-electron chi connectivity index (χ2n) is 3.02. The molecule has 70 valence electrons. The predicted molar refractivity (Wildman–Crippen MR) is 57.0 cm³/mol. The van der Waals surface area contributed by atoms with Crippen LogP contribution in [0.15, 0.2) is 23.3 Å². The van der Waals surface area contributed by atoms with Crippen molar-refractivity contribution in [3.63, 3.8) is 0 Å². The Balaban J connectivity index is 3.09. The fraction of sp³-hybridized carbons (Fsp3) is 0.364. The van der Waals surface area contributed by atoms with Crippen molar-refractivity contribution >= 4 is 6.21 Å². The van der Waals surface area contributed by atoms with Gasteiger partial charge in [0.15, 0.2) is 0 Å². The molecule has 0 radical (unpaired) electrons. The van der Waals surface area contributed by atoms with E-state index in [4.69, 9.17) is 5.84 Å². The third kappa shape index (κ3) is 2.31. The largest absolute Gasteiger partial charge is 0.323 e. The molecular weight excluding hydrogens is 160 g/mol. The van der Waals surface area contributed by atoms with E-state index in [0.717, 1.165) is 18.4 Å². The molecule has 0 saturated carbocycles. The van der Waals surface area contributed by atoms with Crippen LogP contribution < -0.4 is 5.84 Å². The van der Waals surface area contributed by atoms with E-state index in [1.165, 1.54) is 11.1 Å². The summed E-state index contributed by atoms with van der Waals surface area (Å²) in [5.41, 5.74) is 3.77. The summed E-state index contributed by atoms with van der Waals surface area (Å²) in [6, 6.07) is 6.46. The van der Waals surface area contributed by atoms with Gasteiger partial charge in [-0.05, 0) is 35.6 Å². The van der Waals surface area contributed by atoms with Gasteiger partial charge in [-0.1, -0.05) is 26.0 Å². The molecule has 0 aliphatic rings. The second kappa shape index (κ2) is 4.65. The Kier molecular flexibility index (Phi) is 3.50. The molecule has 0 heterocycles. The molecule has 2 N–H and O–H groups in total. The lowest BCUT2D eigenvalue weighted by molar-refractivity contribution is 1.09. The molecule has 0 amide bonds. The maximum absolute atomic E-state index is 5.15. The van der Waals surface area contributed by atoms with Crippen LogP contribution in [0, 0.1) is 0 Å². The number of aryl methyl sites for hydroxylation is 2. The average molecular weight is 176 g/mol. The number of hydrogen-bond donors (Lipinski definition) is 1. The van der Waals surface area contributed by atoms with E-state index in [0.29, 0.717) is 0 Å². The molecule has 2 heteroatoms. The molecular formula is C11H16N2. The molecule has 0 aliphatic heterocycles. The van der Waals surface area contributed by atoms with Crippen molar-refractivity contribution in [2.45, 2.75) is 26.7 Å². The first-order chi connectivity index (χ1) is 6.31. The predicted octanol–water partition coefficient (Wildman–Crippen LogP) is 2.10. The van der Waals surface area contributed by atoms with Crippen LogP contribution in [0.2, 0.25) is 0 Å². The Bertz CT molecular complexity index is 303. The second-order valence-corrected chi connectivity index (χ2v) is 3.02. The molecule has 1 aromatic carbocycles. The van der Waals surface area contributed by atoms with E-state index in [2.05, 4.69) is 37.1 Å². The third-order valence-corrected chi connectivity index (χ3v) is 2.21. The zero-order valence-corrected chi connectivity index (χ0v) is 8.25. The van der Waals surface area contributed by atoms with E-state index in [9.17, 15) is 0 Å². The topological polar surface area (TPSA) is 38.4 Å². The van der Waals surface area contributed by atoms with Crippen LogP contribution in [0.1, 0.15) is 30.5 Å². The summed E-state index contributed by atoms with van der Waals surface area (Å²) in [4.78, 5) is 0. The number of nitrogens with two attached hydrogens (primary N) is 1. The van der Waals surface area contributed by atoms with E-state index < -0.39 is 0 Å². The molecule has 0 bridgehead atoms. The molecule has 1 aromatic rings. The fourth-order valence-corrected chi connectivity index (χ4v) is 1.39. The molecule has 2 nitrogen and oxygen atoms in total. The first-order valence-electron chi connectivity index (χ1n) is 4.66. The van der Waals surface area contributed by atoms with Crippen LogP contribution in [0.25, 0.3) is 0 Å². The van der Waals surface area contributed by atoms with Crippen LogP contribution in [-0.4, -0.2) is 6.21 Å². The number of nitrogens with zero attached hydrogens (tertiary/aromatic N) is 1. The van der Waals surface area contributed by atoms with Crippen molar-refractivity contribution in [2.75, 3.05) is 0 Å². The van der Waals surface area contributed by atoms with Crippen LogP contribution in [0.5, 0.6) is 0 Å². The highest BCUT2D eigenvalue weighted by Gasteiger charge is 1.98. The molecule has 0 spiro atoms. The fourth-order valence-electron chi connectivity index (χ4n) is 1.39. The minimum Gasteiger partial charge on any atom is -0.323 e. The lowest BCUT2D eigenvalue weighted by atomic mass is 10.0. The summed E-state index contributed by atoms with van der Waals surface area (Å²) in [5, 5.41) is 3.56. The van der Waals surface area contributed by atoms with Crippen molar-refractivity contribution < 1.29 is 0 Å². The summed E-state index contributed by atoms with van der Waals surface area (Å²) in [6.45, 7) is 4.28. The van der Waals surface area contributed by atoms with Gasteiger partial charge >= 0.3 is 0 Å². The average Bonchev–Trinajstić information content (AvgIpc) is 2.18. The number of benzene rings is 1. The molecule has 0 unspecified atom stereocenters. The number of hydrogen-bond acceptors (Lipinski definition) is 2. The van der Waals surface area contributed by atoms with Crippen molar-refractivity contribution in [1.82, 2.24) is 0 Å². The van der Waals surface area contributed by atoms with E-state index >= 15 is 0 Å². The molecule has 1 rings (SSSR count). The minimum atomic E-state index is 1.02. The normalized spacial score (nSPS) is 10.9. The van der Waals surface area contributed by atoms with Gasteiger partial charge in [0, 0.05) is 0 Å². The highest BCUT2D eigenvalue weighted by atomic mass is 15.1. The molecule has 0 fully saturated rings. The standard InChI is InChI=1S/C11H16N2/c1-3-9-5-6-10(4-2)11(7-9)8-13-12/h5-8H,3-4,12H2,1-2H3/b13-8+. The maximum Gasteiger partial charge on any atom is 0.0540 e. The van der Waals surface area contributed by atoms with Gasteiger partial charge in [-0.3, -0.25) is 0 Å². The van der Waals surface area contributed by atoms with Gasteiger partial charge in [-0.2, -0.15) is 5.10 Å². The van der Waals surface area contributed by atoms with Crippen LogP contribution in [0.4, 0.5) is 0 Å². The Morgan fingerprint density at radius 2 is 2.08 bits per heavy atom.